The summed E-state index contributed by atoms with van der Waals surface area (Å²) in [7, 11) is -1.99. The van der Waals surface area contributed by atoms with E-state index in [2.05, 4.69) is 56.5 Å². The maximum atomic E-state index is 12.0. The summed E-state index contributed by atoms with van der Waals surface area (Å²) in [6, 6.07) is 0. The van der Waals surface area contributed by atoms with Gasteiger partial charge in [-0.2, -0.15) is 0 Å². The van der Waals surface area contributed by atoms with Gasteiger partial charge in [-0.25, -0.2) is 0 Å². The number of hydrogen-bond donors (Lipinski definition) is 0. The minimum absolute atomic E-state index is 0.0692. The monoisotopic (exact) mass is 624 g/mol. The predicted molar refractivity (Wildman–Crippen MR) is 145 cm³/mol. The van der Waals surface area contributed by atoms with Crippen LogP contribution in [0, 0.1) is 11.8 Å². The molecular weight excluding hydrogens is 579 g/mol. The summed E-state index contributed by atoms with van der Waals surface area (Å²) in [5, 5.41) is 0.0985. The van der Waals surface area contributed by atoms with Crippen LogP contribution in [0.25, 0.3) is 0 Å². The van der Waals surface area contributed by atoms with Crippen molar-refractivity contribution in [1.82, 2.24) is 0 Å². The molecule has 7 nitrogen and oxygen atoms in total. The van der Waals surface area contributed by atoms with Crippen LogP contribution in [0.5, 0.6) is 0 Å². The van der Waals surface area contributed by atoms with Crippen molar-refractivity contribution in [3.8, 4) is 0 Å². The van der Waals surface area contributed by atoms with Gasteiger partial charge in [-0.1, -0.05) is 43.4 Å². The molecule has 7 atom stereocenters. The molecule has 0 aromatic rings. The number of halogens is 1. The van der Waals surface area contributed by atoms with E-state index >= 15 is 0 Å². The standard InChI is InChI=1S/C26H45IO7Si/c1-17(28)32-22-15-23(34-25-12-7-8-13-30-25)19(16-31-35(5,6)26(2,3)4)18(22)14-20(27)21-10-9-11-24(29)33-21/h18-23,25H,7-16H2,1-6H3/t18-,19-,20?,21?,22+,23-,25?/m0/s1. The first kappa shape index (κ1) is 29.3. The lowest BCUT2D eigenvalue weighted by Gasteiger charge is -2.39. The smallest absolute Gasteiger partial charge is 0.306 e. The van der Waals surface area contributed by atoms with E-state index in [1.165, 1.54) is 6.92 Å². The topological polar surface area (TPSA) is 80.3 Å². The summed E-state index contributed by atoms with van der Waals surface area (Å²) < 4.78 is 30.9. The molecule has 0 aromatic heterocycles. The largest absolute Gasteiger partial charge is 0.462 e. The average Bonchev–Trinajstić information content (AvgIpc) is 3.07. The summed E-state index contributed by atoms with van der Waals surface area (Å²) >= 11 is 2.42. The lowest BCUT2D eigenvalue weighted by molar-refractivity contribution is -0.198. The fraction of sp³-hybridized carbons (Fsp3) is 0.923. The van der Waals surface area contributed by atoms with Crippen molar-refractivity contribution in [1.29, 1.82) is 0 Å². The number of carbonyl (C=O) groups is 2. The van der Waals surface area contributed by atoms with Crippen LogP contribution < -0.4 is 0 Å². The molecule has 0 spiro atoms. The van der Waals surface area contributed by atoms with Crippen LogP contribution >= 0.6 is 22.6 Å². The first-order chi connectivity index (χ1) is 16.4. The number of alkyl halides is 1. The maximum absolute atomic E-state index is 12.0. The van der Waals surface area contributed by atoms with Gasteiger partial charge in [0.2, 0.25) is 0 Å². The van der Waals surface area contributed by atoms with Gasteiger partial charge in [-0.05, 0) is 56.7 Å². The quantitative estimate of drug-likeness (QED) is 0.139. The van der Waals surface area contributed by atoms with E-state index in [1.54, 1.807) is 0 Å². The van der Waals surface area contributed by atoms with Crippen molar-refractivity contribution in [3.05, 3.63) is 0 Å². The fourth-order valence-electron chi connectivity index (χ4n) is 5.13. The number of hydrogen-bond acceptors (Lipinski definition) is 7. The van der Waals surface area contributed by atoms with Gasteiger partial charge in [0.05, 0.1) is 6.10 Å². The average molecular weight is 625 g/mol. The van der Waals surface area contributed by atoms with Crippen LogP contribution in [0.3, 0.4) is 0 Å². The van der Waals surface area contributed by atoms with Crippen LogP contribution in [0.1, 0.15) is 79.1 Å². The summed E-state index contributed by atoms with van der Waals surface area (Å²) in [4.78, 5) is 24.0. The molecule has 3 aliphatic rings. The van der Waals surface area contributed by atoms with Crippen molar-refractivity contribution in [3.63, 3.8) is 0 Å². The van der Waals surface area contributed by atoms with Gasteiger partial charge in [0, 0.05) is 48.7 Å². The molecule has 0 radical (unpaired) electrons. The molecule has 35 heavy (non-hydrogen) atoms. The predicted octanol–water partition coefficient (Wildman–Crippen LogP) is 5.78. The molecule has 2 aliphatic heterocycles. The Balaban J connectivity index is 1.80. The van der Waals surface area contributed by atoms with Crippen molar-refractivity contribution >= 4 is 42.8 Å². The van der Waals surface area contributed by atoms with E-state index in [0.29, 0.717) is 19.4 Å². The van der Waals surface area contributed by atoms with Crippen molar-refractivity contribution in [2.75, 3.05) is 13.2 Å². The van der Waals surface area contributed by atoms with E-state index < -0.39 is 8.32 Å². The zero-order valence-electron chi connectivity index (χ0n) is 22.3. The van der Waals surface area contributed by atoms with Gasteiger partial charge in [-0.3, -0.25) is 9.59 Å². The second kappa shape index (κ2) is 12.5. The molecule has 3 fully saturated rings. The fourth-order valence-corrected chi connectivity index (χ4v) is 7.26. The normalized spacial score (nSPS) is 33.3. The van der Waals surface area contributed by atoms with E-state index in [4.69, 9.17) is 23.4 Å². The molecule has 0 amide bonds. The van der Waals surface area contributed by atoms with Crippen LogP contribution in [-0.4, -0.2) is 62.0 Å². The Hall–Kier alpha value is -0.233. The molecule has 3 unspecified atom stereocenters. The van der Waals surface area contributed by atoms with Crippen LogP contribution in [0.2, 0.25) is 18.1 Å². The highest BCUT2D eigenvalue weighted by Gasteiger charge is 2.49. The third kappa shape index (κ3) is 8.12. The molecule has 9 heteroatoms. The zero-order chi connectivity index (χ0) is 25.8. The molecule has 202 valence electrons. The van der Waals surface area contributed by atoms with Gasteiger partial charge in [0.15, 0.2) is 14.6 Å². The van der Waals surface area contributed by atoms with Gasteiger partial charge in [-0.15, -0.1) is 0 Å². The van der Waals surface area contributed by atoms with E-state index in [-0.39, 0.29) is 57.3 Å². The zero-order valence-corrected chi connectivity index (χ0v) is 25.5. The molecule has 2 saturated heterocycles. The van der Waals surface area contributed by atoms with E-state index in [0.717, 1.165) is 45.1 Å². The highest BCUT2D eigenvalue weighted by molar-refractivity contribution is 14.1. The third-order valence-electron chi connectivity index (χ3n) is 8.25. The second-order valence-corrected chi connectivity index (χ2v) is 18.3. The molecule has 1 saturated carbocycles. The Morgan fingerprint density at radius 2 is 1.89 bits per heavy atom. The maximum Gasteiger partial charge on any atom is 0.306 e. The van der Waals surface area contributed by atoms with Gasteiger partial charge < -0.3 is 23.4 Å². The molecule has 0 aromatic carbocycles. The Labute approximate surface area is 226 Å². The molecule has 0 bridgehead atoms. The summed E-state index contributed by atoms with van der Waals surface area (Å²) in [6.45, 7) is 14.0. The number of ether oxygens (including phenoxy) is 4. The summed E-state index contributed by atoms with van der Waals surface area (Å²) in [6.07, 6.45) is 6.07. The lowest BCUT2D eigenvalue weighted by Crippen LogP contribution is -2.44. The second-order valence-electron chi connectivity index (χ2n) is 11.9. The third-order valence-corrected chi connectivity index (χ3v) is 14.1. The number of carbonyl (C=O) groups excluding carboxylic acids is 2. The lowest BCUT2D eigenvalue weighted by atomic mass is 9.88. The molecule has 0 N–H and O–H groups in total. The van der Waals surface area contributed by atoms with Crippen molar-refractivity contribution < 1.29 is 33.0 Å². The highest BCUT2D eigenvalue weighted by atomic mass is 127. The highest BCUT2D eigenvalue weighted by Crippen LogP contribution is 2.44. The first-order valence-electron chi connectivity index (χ1n) is 13.3. The van der Waals surface area contributed by atoms with E-state index in [1.807, 2.05) is 0 Å². The van der Waals surface area contributed by atoms with E-state index in [9.17, 15) is 9.59 Å². The number of cyclic esters (lactones) is 1. The molecular formula is C26H45IO7Si. The molecule has 1 aliphatic carbocycles. The molecule has 3 rings (SSSR count). The first-order valence-corrected chi connectivity index (χ1v) is 17.4. The SMILES string of the molecule is CC(=O)O[C@@H]1C[C@H](OC2CCCCO2)[C@@H](CO[Si](C)(C)C(C)(C)C)[C@@H]1CC(I)C1CCCC(=O)O1. The summed E-state index contributed by atoms with van der Waals surface area (Å²) in [5.41, 5.74) is 0. The van der Waals surface area contributed by atoms with Gasteiger partial charge in [0.1, 0.15) is 12.2 Å². The Morgan fingerprint density at radius 1 is 1.14 bits per heavy atom. The Bertz CT molecular complexity index is 719. The van der Waals surface area contributed by atoms with Gasteiger partial charge in [0.25, 0.3) is 0 Å². The van der Waals surface area contributed by atoms with Crippen molar-refractivity contribution in [2.45, 2.75) is 126 Å². The van der Waals surface area contributed by atoms with Crippen molar-refractivity contribution in [2.24, 2.45) is 11.8 Å². The number of rotatable bonds is 9. The molecule has 2 heterocycles. The Kier molecular flexibility index (Phi) is 10.5. The van der Waals surface area contributed by atoms with Crippen LogP contribution in [-0.2, 0) is 33.0 Å². The van der Waals surface area contributed by atoms with Gasteiger partial charge >= 0.3 is 11.9 Å². The Morgan fingerprint density at radius 3 is 2.49 bits per heavy atom. The summed E-state index contributed by atoms with van der Waals surface area (Å²) in [5.74, 6) is -0.234. The number of esters is 2. The minimum Gasteiger partial charge on any atom is -0.462 e. The van der Waals surface area contributed by atoms with Crippen LogP contribution in [0.15, 0.2) is 0 Å². The minimum atomic E-state index is -1.99. The van der Waals surface area contributed by atoms with Crippen LogP contribution in [0.4, 0.5) is 0 Å².